The van der Waals surface area contributed by atoms with Crippen molar-refractivity contribution in [2.45, 2.75) is 11.8 Å². The lowest BCUT2D eigenvalue weighted by molar-refractivity contribution is 1.22. The van der Waals surface area contributed by atoms with Gasteiger partial charge >= 0.3 is 0 Å². The maximum Gasteiger partial charge on any atom is 0.0738 e. The molecule has 0 aliphatic carbocycles. The van der Waals surface area contributed by atoms with Crippen molar-refractivity contribution in [3.63, 3.8) is 0 Å². The van der Waals surface area contributed by atoms with E-state index in [-0.39, 0.29) is 4.83 Å². The van der Waals surface area contributed by atoms with Gasteiger partial charge in [0.05, 0.1) is 8.61 Å². The molecule has 106 valence electrons. The van der Waals surface area contributed by atoms with E-state index in [1.165, 1.54) is 30.9 Å². The normalized spacial score (nSPS) is 12.3. The Kier molecular flexibility index (Phi) is 4.63. The second-order valence-electron chi connectivity index (χ2n) is 4.96. The van der Waals surface area contributed by atoms with Gasteiger partial charge in [0.1, 0.15) is 0 Å². The zero-order valence-electron chi connectivity index (χ0n) is 11.5. The molecule has 0 bridgehead atoms. The van der Waals surface area contributed by atoms with Gasteiger partial charge in [0.15, 0.2) is 0 Å². The van der Waals surface area contributed by atoms with E-state index in [0.717, 1.165) is 0 Å². The number of hydrogen-bond acceptors (Lipinski definition) is 1. The summed E-state index contributed by atoms with van der Waals surface area (Å²) in [7, 11) is 0. The maximum absolute atomic E-state index is 3.81. The van der Waals surface area contributed by atoms with Crippen LogP contribution in [0.2, 0.25) is 0 Å². The first kappa shape index (κ1) is 15.0. The number of halogens is 2. The summed E-state index contributed by atoms with van der Waals surface area (Å²) in [6.07, 6.45) is 0. The van der Waals surface area contributed by atoms with Crippen molar-refractivity contribution in [2.24, 2.45) is 0 Å². The van der Waals surface area contributed by atoms with E-state index in [0.29, 0.717) is 0 Å². The van der Waals surface area contributed by atoms with Crippen molar-refractivity contribution < 1.29 is 0 Å². The Morgan fingerprint density at radius 2 is 1.52 bits per heavy atom. The van der Waals surface area contributed by atoms with E-state index in [1.54, 1.807) is 11.3 Å². The highest BCUT2D eigenvalue weighted by atomic mass is 79.9. The smallest absolute Gasteiger partial charge is 0.0738 e. The fourth-order valence-corrected chi connectivity index (χ4v) is 4.54. The van der Waals surface area contributed by atoms with Crippen molar-refractivity contribution in [2.75, 3.05) is 0 Å². The highest BCUT2D eigenvalue weighted by molar-refractivity contribution is 9.11. The van der Waals surface area contributed by atoms with Gasteiger partial charge in [0, 0.05) is 4.88 Å². The molecule has 0 aliphatic heterocycles. The van der Waals surface area contributed by atoms with Crippen LogP contribution >= 0.6 is 43.2 Å². The molecule has 1 unspecified atom stereocenters. The molecule has 1 atom stereocenters. The molecule has 0 saturated carbocycles. The monoisotopic (exact) mass is 420 g/mol. The average Bonchev–Trinajstić information content (AvgIpc) is 2.87. The molecule has 0 radical (unpaired) electrons. The second kappa shape index (κ2) is 6.47. The predicted molar refractivity (Wildman–Crippen MR) is 99.4 cm³/mol. The quantitative estimate of drug-likeness (QED) is 0.400. The highest BCUT2D eigenvalue weighted by Gasteiger charge is 2.14. The van der Waals surface area contributed by atoms with Crippen LogP contribution in [0.15, 0.2) is 64.5 Å². The summed E-state index contributed by atoms with van der Waals surface area (Å²) in [6.45, 7) is 2.13. The summed E-state index contributed by atoms with van der Waals surface area (Å²) in [5.74, 6) is 0. The Morgan fingerprint density at radius 1 is 0.905 bits per heavy atom. The largest absolute Gasteiger partial charge is 0.131 e. The molecular weight excluding hydrogens is 408 g/mol. The Bertz CT molecular complexity index is 710. The van der Waals surface area contributed by atoms with Crippen molar-refractivity contribution in [3.8, 4) is 11.1 Å². The van der Waals surface area contributed by atoms with Crippen LogP contribution in [-0.2, 0) is 0 Å². The van der Waals surface area contributed by atoms with Gasteiger partial charge in [-0.1, -0.05) is 70.5 Å². The van der Waals surface area contributed by atoms with Gasteiger partial charge < -0.3 is 0 Å². The molecule has 0 N–H and O–H groups in total. The lowest BCUT2D eigenvalue weighted by Gasteiger charge is -2.09. The summed E-state index contributed by atoms with van der Waals surface area (Å²) in [4.78, 5) is 1.57. The fraction of sp³-hybridized carbons (Fsp3) is 0.111. The predicted octanol–water partition coefficient (Wildman–Crippen LogP) is 6.97. The third-order valence-corrected chi connectivity index (χ3v) is 6.96. The molecule has 3 aromatic rings. The first-order valence-electron chi connectivity index (χ1n) is 6.70. The zero-order valence-corrected chi connectivity index (χ0v) is 15.5. The average molecular weight is 422 g/mol. The van der Waals surface area contributed by atoms with Gasteiger partial charge in [0.2, 0.25) is 0 Å². The van der Waals surface area contributed by atoms with E-state index in [9.17, 15) is 0 Å². The molecule has 3 rings (SSSR count). The van der Waals surface area contributed by atoms with Crippen molar-refractivity contribution in [1.29, 1.82) is 0 Å². The Hall–Kier alpha value is -0.900. The van der Waals surface area contributed by atoms with Gasteiger partial charge in [-0.3, -0.25) is 0 Å². The topological polar surface area (TPSA) is 0 Å². The van der Waals surface area contributed by atoms with Crippen LogP contribution < -0.4 is 0 Å². The van der Waals surface area contributed by atoms with Gasteiger partial charge in [-0.25, -0.2) is 0 Å². The minimum Gasteiger partial charge on any atom is -0.131 e. The summed E-state index contributed by atoms with van der Waals surface area (Å²) in [5, 5.41) is 0. The lowest BCUT2D eigenvalue weighted by atomic mass is 10.0. The Balaban J connectivity index is 1.87. The first-order chi connectivity index (χ1) is 10.1. The second-order valence-corrected chi connectivity index (χ2v) is 8.27. The van der Waals surface area contributed by atoms with Crippen LogP contribution in [0.25, 0.3) is 11.1 Å². The van der Waals surface area contributed by atoms with Crippen LogP contribution in [-0.4, -0.2) is 0 Å². The molecule has 0 aliphatic rings. The summed E-state index contributed by atoms with van der Waals surface area (Å²) in [6, 6.07) is 21.5. The number of alkyl halides is 1. The summed E-state index contributed by atoms with van der Waals surface area (Å²) in [5.41, 5.74) is 5.08. The third kappa shape index (κ3) is 3.31. The van der Waals surface area contributed by atoms with E-state index in [4.69, 9.17) is 0 Å². The zero-order chi connectivity index (χ0) is 14.8. The molecular formula is C18H14Br2S. The fourth-order valence-electron chi connectivity index (χ4n) is 2.25. The first-order valence-corrected chi connectivity index (χ1v) is 9.23. The summed E-state index contributed by atoms with van der Waals surface area (Å²) < 4.78 is 1.21. The molecule has 1 aromatic heterocycles. The van der Waals surface area contributed by atoms with Gasteiger partial charge in [0.25, 0.3) is 0 Å². The van der Waals surface area contributed by atoms with Crippen molar-refractivity contribution in [3.05, 3.63) is 80.5 Å². The molecule has 0 saturated heterocycles. The SMILES string of the molecule is Cc1cc(C(Br)c2ccc(-c3ccccc3)cc2)sc1Br. The van der Waals surface area contributed by atoms with E-state index in [2.05, 4.69) is 93.4 Å². The standard InChI is InChI=1S/C18H14Br2S/c1-12-11-16(21-18(12)20)17(19)15-9-7-14(8-10-15)13-5-3-2-4-6-13/h2-11,17H,1H3. The number of aryl methyl sites for hydroxylation is 1. The van der Waals surface area contributed by atoms with Gasteiger partial charge in [-0.2, -0.15) is 0 Å². The molecule has 2 aromatic carbocycles. The van der Waals surface area contributed by atoms with Crippen LogP contribution in [0.4, 0.5) is 0 Å². The minimum atomic E-state index is 0.248. The molecule has 1 heterocycles. The van der Waals surface area contributed by atoms with Crippen molar-refractivity contribution in [1.82, 2.24) is 0 Å². The molecule has 0 amide bonds. The molecule has 21 heavy (non-hydrogen) atoms. The highest BCUT2D eigenvalue weighted by Crippen LogP contribution is 2.39. The Morgan fingerprint density at radius 3 is 2.10 bits per heavy atom. The Labute approximate surface area is 146 Å². The van der Waals surface area contributed by atoms with Gasteiger partial charge in [-0.15, -0.1) is 11.3 Å². The number of hydrogen-bond donors (Lipinski definition) is 0. The number of rotatable bonds is 3. The summed E-state index contributed by atoms with van der Waals surface area (Å²) >= 11 is 9.20. The number of benzene rings is 2. The van der Waals surface area contributed by atoms with E-state index in [1.807, 2.05) is 6.07 Å². The molecule has 0 fully saturated rings. The van der Waals surface area contributed by atoms with Crippen LogP contribution in [0.3, 0.4) is 0 Å². The minimum absolute atomic E-state index is 0.248. The third-order valence-electron chi connectivity index (χ3n) is 3.44. The van der Waals surface area contributed by atoms with Crippen molar-refractivity contribution >= 4 is 43.2 Å². The van der Waals surface area contributed by atoms with Crippen LogP contribution in [0.5, 0.6) is 0 Å². The molecule has 3 heteroatoms. The van der Waals surface area contributed by atoms with Crippen LogP contribution in [0, 0.1) is 6.92 Å². The molecule has 0 nitrogen and oxygen atoms in total. The van der Waals surface area contributed by atoms with Crippen LogP contribution in [0.1, 0.15) is 20.8 Å². The van der Waals surface area contributed by atoms with E-state index >= 15 is 0 Å². The molecule has 0 spiro atoms. The van der Waals surface area contributed by atoms with Gasteiger partial charge in [-0.05, 0) is 51.2 Å². The lowest BCUT2D eigenvalue weighted by Crippen LogP contribution is -1.89. The number of thiophene rings is 1. The van der Waals surface area contributed by atoms with E-state index < -0.39 is 0 Å². The maximum atomic E-state index is 3.81.